The van der Waals surface area contributed by atoms with E-state index in [1.54, 1.807) is 0 Å². The second-order valence-electron chi connectivity index (χ2n) is 5.47. The van der Waals surface area contributed by atoms with Crippen molar-refractivity contribution in [3.63, 3.8) is 0 Å². The second kappa shape index (κ2) is 4.78. The summed E-state index contributed by atoms with van der Waals surface area (Å²) in [7, 11) is 2.21. The van der Waals surface area contributed by atoms with Crippen molar-refractivity contribution in [2.75, 3.05) is 33.2 Å². The summed E-state index contributed by atoms with van der Waals surface area (Å²) in [5.41, 5.74) is 1.44. The molecule has 0 aliphatic carbocycles. The van der Waals surface area contributed by atoms with Crippen LogP contribution >= 0.6 is 0 Å². The number of likely N-dealkylation sites (N-methyl/N-ethyl adjacent to an activating group) is 1. The molecule has 2 fully saturated rings. The highest BCUT2D eigenvalue weighted by molar-refractivity contribution is 5.10. The first kappa shape index (κ1) is 11.2. The predicted molar refractivity (Wildman–Crippen MR) is 68.2 cm³/mol. The van der Waals surface area contributed by atoms with Gasteiger partial charge in [0.1, 0.15) is 0 Å². The molecule has 0 aromatic carbocycles. The lowest BCUT2D eigenvalue weighted by Gasteiger charge is -2.25. The van der Waals surface area contributed by atoms with Gasteiger partial charge in [0, 0.05) is 36.9 Å². The molecular weight excluding hydrogens is 212 g/mol. The number of imidazole rings is 1. The highest BCUT2D eigenvalue weighted by atomic mass is 15.2. The number of nitrogens with one attached hydrogen (secondary N) is 1. The minimum atomic E-state index is 0.638. The monoisotopic (exact) mass is 234 g/mol. The maximum Gasteiger partial charge on any atom is 0.0951 e. The van der Waals surface area contributed by atoms with Crippen LogP contribution in [-0.4, -0.2) is 47.7 Å². The van der Waals surface area contributed by atoms with Crippen molar-refractivity contribution in [3.05, 3.63) is 18.2 Å². The Morgan fingerprint density at radius 3 is 3.06 bits per heavy atom. The van der Waals surface area contributed by atoms with Gasteiger partial charge < -0.3 is 14.8 Å². The number of hydrogen-bond acceptors (Lipinski definition) is 3. The fourth-order valence-corrected chi connectivity index (χ4v) is 3.18. The smallest absolute Gasteiger partial charge is 0.0951 e. The van der Waals surface area contributed by atoms with Crippen LogP contribution in [0.2, 0.25) is 0 Å². The standard InChI is InChI=1S/C13H22N4/c1-16-6-4-12(9-16)17-10-15-8-13(17)11-3-2-5-14-7-11/h8,10-12,14H,2-7,9H2,1H3. The number of rotatable bonds is 2. The van der Waals surface area contributed by atoms with Crippen LogP contribution in [-0.2, 0) is 0 Å². The largest absolute Gasteiger partial charge is 0.330 e. The van der Waals surface area contributed by atoms with E-state index in [0.29, 0.717) is 12.0 Å². The van der Waals surface area contributed by atoms with E-state index >= 15 is 0 Å². The van der Waals surface area contributed by atoms with Crippen molar-refractivity contribution >= 4 is 0 Å². The summed E-state index contributed by atoms with van der Waals surface area (Å²) >= 11 is 0. The lowest BCUT2D eigenvalue weighted by Crippen LogP contribution is -2.30. The summed E-state index contributed by atoms with van der Waals surface area (Å²) < 4.78 is 2.43. The van der Waals surface area contributed by atoms with Gasteiger partial charge in [-0.15, -0.1) is 0 Å². The minimum absolute atomic E-state index is 0.638. The molecule has 1 N–H and O–H groups in total. The molecule has 0 radical (unpaired) electrons. The summed E-state index contributed by atoms with van der Waals surface area (Å²) in [5.74, 6) is 0.664. The van der Waals surface area contributed by atoms with Crippen LogP contribution in [0.4, 0.5) is 0 Å². The molecule has 0 spiro atoms. The number of likely N-dealkylation sites (tertiary alicyclic amines) is 1. The molecule has 3 rings (SSSR count). The molecule has 1 aromatic rings. The second-order valence-corrected chi connectivity index (χ2v) is 5.47. The molecular formula is C13H22N4. The van der Waals surface area contributed by atoms with Crippen LogP contribution in [0.25, 0.3) is 0 Å². The van der Waals surface area contributed by atoms with E-state index in [0.717, 1.165) is 6.54 Å². The fourth-order valence-electron chi connectivity index (χ4n) is 3.18. The number of piperidine rings is 1. The van der Waals surface area contributed by atoms with E-state index in [4.69, 9.17) is 0 Å². The Hall–Kier alpha value is -0.870. The third kappa shape index (κ3) is 2.24. The molecule has 0 bridgehead atoms. The molecule has 4 nitrogen and oxygen atoms in total. The van der Waals surface area contributed by atoms with Gasteiger partial charge in [0.05, 0.1) is 6.33 Å². The summed E-state index contributed by atoms with van der Waals surface area (Å²) in [6, 6.07) is 0.638. The zero-order chi connectivity index (χ0) is 11.7. The summed E-state index contributed by atoms with van der Waals surface area (Å²) in [5, 5.41) is 3.50. The normalized spacial score (nSPS) is 30.9. The van der Waals surface area contributed by atoms with E-state index < -0.39 is 0 Å². The van der Waals surface area contributed by atoms with Gasteiger partial charge in [-0.25, -0.2) is 4.98 Å². The van der Waals surface area contributed by atoms with E-state index in [2.05, 4.69) is 33.0 Å². The Morgan fingerprint density at radius 2 is 2.35 bits per heavy atom. The van der Waals surface area contributed by atoms with Gasteiger partial charge in [-0.2, -0.15) is 0 Å². The molecule has 3 heterocycles. The van der Waals surface area contributed by atoms with Gasteiger partial charge in [-0.3, -0.25) is 0 Å². The topological polar surface area (TPSA) is 33.1 Å². The number of aromatic nitrogens is 2. The highest BCUT2D eigenvalue weighted by Crippen LogP contribution is 2.28. The Bertz CT molecular complexity index is 348. The maximum atomic E-state index is 4.38. The molecule has 2 saturated heterocycles. The van der Waals surface area contributed by atoms with Crippen LogP contribution in [0.15, 0.2) is 12.5 Å². The first-order chi connectivity index (χ1) is 8.34. The summed E-state index contributed by atoms with van der Waals surface area (Å²) in [4.78, 5) is 6.79. The van der Waals surface area contributed by atoms with Crippen LogP contribution in [0.1, 0.15) is 36.9 Å². The molecule has 2 unspecified atom stereocenters. The molecule has 94 valence electrons. The molecule has 2 atom stereocenters. The van der Waals surface area contributed by atoms with Gasteiger partial charge in [-0.05, 0) is 39.4 Å². The van der Waals surface area contributed by atoms with Gasteiger partial charge >= 0.3 is 0 Å². The molecule has 2 aliphatic rings. The minimum Gasteiger partial charge on any atom is -0.330 e. The first-order valence-corrected chi connectivity index (χ1v) is 6.75. The van der Waals surface area contributed by atoms with Crippen molar-refractivity contribution < 1.29 is 0 Å². The van der Waals surface area contributed by atoms with Gasteiger partial charge in [0.25, 0.3) is 0 Å². The molecule has 2 aliphatic heterocycles. The highest BCUT2D eigenvalue weighted by Gasteiger charge is 2.26. The molecule has 0 amide bonds. The van der Waals surface area contributed by atoms with Crippen LogP contribution in [0.3, 0.4) is 0 Å². The number of nitrogens with zero attached hydrogens (tertiary/aromatic N) is 3. The third-order valence-corrected chi connectivity index (χ3v) is 4.17. The van der Waals surface area contributed by atoms with Crippen LogP contribution < -0.4 is 5.32 Å². The molecule has 0 saturated carbocycles. The van der Waals surface area contributed by atoms with Crippen molar-refractivity contribution in [1.82, 2.24) is 19.8 Å². The van der Waals surface area contributed by atoms with Gasteiger partial charge in [0.2, 0.25) is 0 Å². The third-order valence-electron chi connectivity index (χ3n) is 4.17. The quantitative estimate of drug-likeness (QED) is 0.835. The molecule has 17 heavy (non-hydrogen) atoms. The van der Waals surface area contributed by atoms with Crippen LogP contribution in [0, 0.1) is 0 Å². The van der Waals surface area contributed by atoms with Crippen molar-refractivity contribution in [1.29, 1.82) is 0 Å². The average Bonchev–Trinajstić information content (AvgIpc) is 2.98. The fraction of sp³-hybridized carbons (Fsp3) is 0.769. The van der Waals surface area contributed by atoms with Crippen molar-refractivity contribution in [2.24, 2.45) is 0 Å². The molecule has 4 heteroatoms. The lowest BCUT2D eigenvalue weighted by atomic mass is 9.96. The Kier molecular flexibility index (Phi) is 3.16. The zero-order valence-electron chi connectivity index (χ0n) is 10.6. The van der Waals surface area contributed by atoms with Crippen LogP contribution in [0.5, 0.6) is 0 Å². The predicted octanol–water partition coefficient (Wildman–Crippen LogP) is 1.23. The van der Waals surface area contributed by atoms with E-state index in [1.165, 1.54) is 44.6 Å². The first-order valence-electron chi connectivity index (χ1n) is 6.75. The number of hydrogen-bond donors (Lipinski definition) is 1. The van der Waals surface area contributed by atoms with E-state index in [1.807, 2.05) is 6.33 Å². The van der Waals surface area contributed by atoms with E-state index in [-0.39, 0.29) is 0 Å². The van der Waals surface area contributed by atoms with E-state index in [9.17, 15) is 0 Å². The Labute approximate surface area is 103 Å². The van der Waals surface area contributed by atoms with Crippen molar-refractivity contribution in [2.45, 2.75) is 31.2 Å². The summed E-state index contributed by atoms with van der Waals surface area (Å²) in [6.07, 6.45) is 7.98. The SMILES string of the molecule is CN1CCC(n2cncc2C2CCCNC2)C1. The van der Waals surface area contributed by atoms with Gasteiger partial charge in [-0.1, -0.05) is 0 Å². The Morgan fingerprint density at radius 1 is 1.41 bits per heavy atom. The zero-order valence-corrected chi connectivity index (χ0v) is 10.6. The maximum absolute atomic E-state index is 4.38. The van der Waals surface area contributed by atoms with Crippen molar-refractivity contribution in [3.8, 4) is 0 Å². The Balaban J connectivity index is 1.78. The van der Waals surface area contributed by atoms with Gasteiger partial charge in [0.15, 0.2) is 0 Å². The average molecular weight is 234 g/mol. The molecule has 1 aromatic heterocycles. The lowest BCUT2D eigenvalue weighted by molar-refractivity contribution is 0.379. The summed E-state index contributed by atoms with van der Waals surface area (Å²) in [6.45, 7) is 4.68.